The highest BCUT2D eigenvalue weighted by atomic mass is 79.9. The fourth-order valence-corrected chi connectivity index (χ4v) is 3.68. The van der Waals surface area contributed by atoms with E-state index in [9.17, 15) is 9.59 Å². The summed E-state index contributed by atoms with van der Waals surface area (Å²) in [6.07, 6.45) is 1.99. The minimum absolute atomic E-state index is 0.0654. The Balaban J connectivity index is 2.01. The van der Waals surface area contributed by atoms with Gasteiger partial charge in [0, 0.05) is 35.1 Å². The Hall–Kier alpha value is -1.66. The zero-order chi connectivity index (χ0) is 16.6. The molecule has 0 radical (unpaired) electrons. The standard InChI is InChI=1S/C17H20BrN3O2/c1-10(19)11-4-3-7-21(9-11)17(23)13-8-15(22)20-16-12(13)5-2-6-14(16)18/h2,5-6,8,10-11H,3-4,7,9,19H2,1H3,(H,20,22). The first-order valence-electron chi connectivity index (χ1n) is 7.84. The second kappa shape index (κ2) is 6.45. The largest absolute Gasteiger partial charge is 0.338 e. The molecule has 1 fully saturated rings. The number of hydrogen-bond acceptors (Lipinski definition) is 3. The van der Waals surface area contributed by atoms with E-state index < -0.39 is 0 Å². The molecule has 0 aliphatic carbocycles. The van der Waals surface area contributed by atoms with Crippen LogP contribution in [0.2, 0.25) is 0 Å². The van der Waals surface area contributed by atoms with Gasteiger partial charge in [0.1, 0.15) is 0 Å². The van der Waals surface area contributed by atoms with Gasteiger partial charge in [-0.05, 0) is 47.7 Å². The first-order chi connectivity index (χ1) is 11.0. The van der Waals surface area contributed by atoms with Crippen molar-refractivity contribution >= 4 is 32.7 Å². The minimum Gasteiger partial charge on any atom is -0.338 e. The van der Waals surface area contributed by atoms with E-state index in [1.807, 2.05) is 30.0 Å². The maximum Gasteiger partial charge on any atom is 0.254 e. The molecule has 5 nitrogen and oxygen atoms in total. The Bertz CT molecular complexity index is 800. The number of aromatic nitrogens is 1. The fourth-order valence-electron chi connectivity index (χ4n) is 3.21. The predicted molar refractivity (Wildman–Crippen MR) is 94.5 cm³/mol. The lowest BCUT2D eigenvalue weighted by Gasteiger charge is -2.34. The summed E-state index contributed by atoms with van der Waals surface area (Å²) in [4.78, 5) is 29.5. The van der Waals surface area contributed by atoms with Crippen LogP contribution in [0, 0.1) is 5.92 Å². The third-order valence-electron chi connectivity index (χ3n) is 4.55. The first kappa shape index (κ1) is 16.2. The van der Waals surface area contributed by atoms with Crippen molar-refractivity contribution in [1.29, 1.82) is 0 Å². The van der Waals surface area contributed by atoms with Crippen molar-refractivity contribution in [3.8, 4) is 0 Å². The molecule has 2 aromatic rings. The van der Waals surface area contributed by atoms with Crippen LogP contribution in [0.3, 0.4) is 0 Å². The third kappa shape index (κ3) is 3.19. The van der Waals surface area contributed by atoms with Gasteiger partial charge in [-0.15, -0.1) is 0 Å². The van der Waals surface area contributed by atoms with Gasteiger partial charge in [0.05, 0.1) is 11.1 Å². The SMILES string of the molecule is CC(N)C1CCCN(C(=O)c2cc(=O)[nH]c3c(Br)cccc23)C1. The van der Waals surface area contributed by atoms with Gasteiger partial charge >= 0.3 is 0 Å². The highest BCUT2D eigenvalue weighted by molar-refractivity contribution is 9.10. The number of para-hydroxylation sites is 1. The number of carbonyl (C=O) groups excluding carboxylic acids is 1. The number of benzene rings is 1. The summed E-state index contributed by atoms with van der Waals surface area (Å²) in [5.74, 6) is 0.220. The molecular weight excluding hydrogens is 358 g/mol. The van der Waals surface area contributed by atoms with Crippen LogP contribution in [0.15, 0.2) is 33.5 Å². The summed E-state index contributed by atoms with van der Waals surface area (Å²) in [6, 6.07) is 7.03. The zero-order valence-corrected chi connectivity index (χ0v) is 14.6. The van der Waals surface area contributed by atoms with Crippen molar-refractivity contribution in [3.05, 3.63) is 44.7 Å². The number of fused-ring (bicyclic) bond motifs is 1. The molecule has 1 amide bonds. The molecule has 3 rings (SSSR count). The molecule has 0 saturated carbocycles. The summed E-state index contributed by atoms with van der Waals surface area (Å²) in [7, 11) is 0. The maximum absolute atomic E-state index is 13.0. The highest BCUT2D eigenvalue weighted by Gasteiger charge is 2.27. The molecule has 1 saturated heterocycles. The Labute approximate surface area is 143 Å². The quantitative estimate of drug-likeness (QED) is 0.843. The molecule has 122 valence electrons. The molecule has 1 aliphatic heterocycles. The molecule has 3 N–H and O–H groups in total. The lowest BCUT2D eigenvalue weighted by Crippen LogP contribution is -2.45. The summed E-state index contributed by atoms with van der Waals surface area (Å²) in [6.45, 7) is 3.35. The van der Waals surface area contributed by atoms with Crippen LogP contribution in [0.4, 0.5) is 0 Å². The van der Waals surface area contributed by atoms with E-state index in [2.05, 4.69) is 20.9 Å². The third-order valence-corrected chi connectivity index (χ3v) is 5.21. The number of nitrogens with one attached hydrogen (secondary N) is 1. The van der Waals surface area contributed by atoms with Gasteiger partial charge in [0.15, 0.2) is 0 Å². The molecule has 1 aromatic carbocycles. The van der Waals surface area contributed by atoms with Gasteiger partial charge in [0.2, 0.25) is 5.56 Å². The number of carbonyl (C=O) groups is 1. The topological polar surface area (TPSA) is 79.2 Å². The summed E-state index contributed by atoms with van der Waals surface area (Å²) in [5, 5.41) is 0.756. The minimum atomic E-state index is -0.270. The van der Waals surface area contributed by atoms with Crippen LogP contribution in [0.5, 0.6) is 0 Å². The monoisotopic (exact) mass is 377 g/mol. The van der Waals surface area contributed by atoms with E-state index in [1.165, 1.54) is 6.07 Å². The van der Waals surface area contributed by atoms with E-state index in [0.29, 0.717) is 30.1 Å². The van der Waals surface area contributed by atoms with Gasteiger partial charge in [0.25, 0.3) is 5.91 Å². The average molecular weight is 378 g/mol. The zero-order valence-electron chi connectivity index (χ0n) is 13.0. The number of halogens is 1. The number of nitrogens with zero attached hydrogens (tertiary/aromatic N) is 1. The van der Waals surface area contributed by atoms with Crippen molar-refractivity contribution in [1.82, 2.24) is 9.88 Å². The Morgan fingerprint density at radius 1 is 1.48 bits per heavy atom. The van der Waals surface area contributed by atoms with Crippen LogP contribution < -0.4 is 11.3 Å². The fraction of sp³-hybridized carbons (Fsp3) is 0.412. The van der Waals surface area contributed by atoms with E-state index in [1.54, 1.807) is 0 Å². The predicted octanol–water partition coefficient (Wildman–Crippen LogP) is 2.49. The van der Waals surface area contributed by atoms with E-state index >= 15 is 0 Å². The van der Waals surface area contributed by atoms with Crippen LogP contribution in [0.25, 0.3) is 10.9 Å². The van der Waals surface area contributed by atoms with Crippen molar-refractivity contribution in [2.24, 2.45) is 11.7 Å². The lowest BCUT2D eigenvalue weighted by atomic mass is 9.91. The number of rotatable bonds is 2. The van der Waals surface area contributed by atoms with E-state index in [-0.39, 0.29) is 17.5 Å². The number of H-pyrrole nitrogens is 1. The van der Waals surface area contributed by atoms with Crippen molar-refractivity contribution < 1.29 is 4.79 Å². The van der Waals surface area contributed by atoms with Crippen molar-refractivity contribution in [3.63, 3.8) is 0 Å². The Kier molecular flexibility index (Phi) is 4.55. The number of hydrogen-bond donors (Lipinski definition) is 2. The van der Waals surface area contributed by atoms with Crippen LogP contribution in [-0.4, -0.2) is 34.9 Å². The molecule has 0 bridgehead atoms. The molecular formula is C17H20BrN3O2. The van der Waals surface area contributed by atoms with Gasteiger partial charge in [-0.3, -0.25) is 9.59 Å². The number of amides is 1. The molecule has 2 heterocycles. The van der Waals surface area contributed by atoms with Crippen LogP contribution >= 0.6 is 15.9 Å². The number of likely N-dealkylation sites (tertiary alicyclic amines) is 1. The maximum atomic E-state index is 13.0. The van der Waals surface area contributed by atoms with Crippen molar-refractivity contribution in [2.75, 3.05) is 13.1 Å². The summed E-state index contributed by atoms with van der Waals surface area (Å²) in [5.41, 5.74) is 6.84. The second-order valence-corrected chi connectivity index (χ2v) is 7.08. The highest BCUT2D eigenvalue weighted by Crippen LogP contribution is 2.26. The van der Waals surface area contributed by atoms with Crippen LogP contribution in [0.1, 0.15) is 30.1 Å². The summed E-state index contributed by atoms with van der Waals surface area (Å²) < 4.78 is 0.772. The molecule has 23 heavy (non-hydrogen) atoms. The molecule has 6 heteroatoms. The number of pyridine rings is 1. The Morgan fingerprint density at radius 2 is 2.26 bits per heavy atom. The van der Waals surface area contributed by atoms with Crippen LogP contribution in [-0.2, 0) is 0 Å². The number of piperidine rings is 1. The molecule has 0 spiro atoms. The van der Waals surface area contributed by atoms with Crippen molar-refractivity contribution in [2.45, 2.75) is 25.8 Å². The van der Waals surface area contributed by atoms with Gasteiger partial charge in [-0.25, -0.2) is 0 Å². The molecule has 2 atom stereocenters. The summed E-state index contributed by atoms with van der Waals surface area (Å²) >= 11 is 3.43. The van der Waals surface area contributed by atoms with E-state index in [0.717, 1.165) is 22.7 Å². The van der Waals surface area contributed by atoms with Gasteiger partial charge < -0.3 is 15.6 Å². The molecule has 1 aromatic heterocycles. The molecule has 1 aliphatic rings. The molecule has 2 unspecified atom stereocenters. The number of aromatic amines is 1. The Morgan fingerprint density at radius 3 is 3.00 bits per heavy atom. The smallest absolute Gasteiger partial charge is 0.254 e. The first-order valence-corrected chi connectivity index (χ1v) is 8.63. The van der Waals surface area contributed by atoms with Gasteiger partial charge in [-0.1, -0.05) is 12.1 Å². The van der Waals surface area contributed by atoms with Gasteiger partial charge in [-0.2, -0.15) is 0 Å². The average Bonchev–Trinajstić information content (AvgIpc) is 2.54. The lowest BCUT2D eigenvalue weighted by molar-refractivity contribution is 0.0663. The van der Waals surface area contributed by atoms with E-state index in [4.69, 9.17) is 5.73 Å². The number of nitrogens with two attached hydrogens (primary N) is 1. The normalized spacial score (nSPS) is 19.8. The second-order valence-electron chi connectivity index (χ2n) is 6.22.